The molecule has 1 rings (SSSR count). The predicted molar refractivity (Wildman–Crippen MR) is 65.3 cm³/mol. The van der Waals surface area contributed by atoms with Crippen LogP contribution in [0.5, 0.6) is 5.75 Å². The molecule has 0 aliphatic heterocycles. The van der Waals surface area contributed by atoms with Crippen LogP contribution in [0.2, 0.25) is 0 Å². The molecule has 90 valence electrons. The van der Waals surface area contributed by atoms with E-state index in [1.54, 1.807) is 20.2 Å². The Kier molecular flexibility index (Phi) is 6.44. The van der Waals surface area contributed by atoms with E-state index in [2.05, 4.69) is 15.6 Å². The molecule has 0 aliphatic carbocycles. The van der Waals surface area contributed by atoms with Gasteiger partial charge in [-0.25, -0.2) is 4.98 Å². The minimum atomic E-state index is -0.145. The molecule has 0 atom stereocenters. The van der Waals surface area contributed by atoms with Gasteiger partial charge < -0.3 is 15.4 Å². The highest BCUT2D eigenvalue weighted by Gasteiger charge is 2.07. The number of anilines is 1. The fourth-order valence-corrected chi connectivity index (χ4v) is 1.14. The zero-order valence-electron chi connectivity index (χ0n) is 9.53. The maximum absolute atomic E-state index is 11.3. The van der Waals surface area contributed by atoms with Crippen LogP contribution in [-0.2, 0) is 4.79 Å². The summed E-state index contributed by atoms with van der Waals surface area (Å²) >= 11 is 0. The van der Waals surface area contributed by atoms with Crippen molar-refractivity contribution in [2.45, 2.75) is 6.92 Å². The largest absolute Gasteiger partial charge is 0.493 e. The van der Waals surface area contributed by atoms with E-state index in [0.717, 1.165) is 5.69 Å². The van der Waals surface area contributed by atoms with Crippen molar-refractivity contribution in [3.8, 4) is 5.75 Å². The van der Waals surface area contributed by atoms with Gasteiger partial charge in [-0.1, -0.05) is 0 Å². The van der Waals surface area contributed by atoms with Crippen molar-refractivity contribution in [1.82, 2.24) is 10.3 Å². The maximum Gasteiger partial charge on any atom is 0.239 e. The highest BCUT2D eigenvalue weighted by atomic mass is 35.5. The Hall–Kier alpha value is -1.33. The van der Waals surface area contributed by atoms with Crippen LogP contribution in [0.4, 0.5) is 5.82 Å². The van der Waals surface area contributed by atoms with Crippen molar-refractivity contribution < 1.29 is 9.53 Å². The van der Waals surface area contributed by atoms with Crippen LogP contribution in [0.3, 0.4) is 0 Å². The lowest BCUT2D eigenvalue weighted by Crippen LogP contribution is -2.25. The van der Waals surface area contributed by atoms with Gasteiger partial charge in [0.25, 0.3) is 0 Å². The SMILES string of the molecule is CNCC(=O)Nc1nc(C)ccc1OC.Cl. The fraction of sp³-hybridized carbons (Fsp3) is 0.400. The number of carbonyl (C=O) groups is 1. The molecule has 0 bridgehead atoms. The van der Waals surface area contributed by atoms with Crippen LogP contribution >= 0.6 is 12.4 Å². The zero-order valence-corrected chi connectivity index (χ0v) is 10.4. The number of hydrogen-bond donors (Lipinski definition) is 2. The average Bonchev–Trinajstić information content (AvgIpc) is 2.18. The van der Waals surface area contributed by atoms with E-state index in [4.69, 9.17) is 4.74 Å². The van der Waals surface area contributed by atoms with Crippen molar-refractivity contribution in [1.29, 1.82) is 0 Å². The van der Waals surface area contributed by atoms with Gasteiger partial charge in [0.2, 0.25) is 5.91 Å². The van der Waals surface area contributed by atoms with Gasteiger partial charge >= 0.3 is 0 Å². The second-order valence-corrected chi connectivity index (χ2v) is 3.08. The number of aryl methyl sites for hydroxylation is 1. The molecule has 1 aromatic heterocycles. The quantitative estimate of drug-likeness (QED) is 0.830. The Labute approximate surface area is 101 Å². The van der Waals surface area contributed by atoms with Crippen LogP contribution in [0, 0.1) is 6.92 Å². The van der Waals surface area contributed by atoms with E-state index in [9.17, 15) is 4.79 Å². The van der Waals surface area contributed by atoms with E-state index in [1.165, 1.54) is 0 Å². The number of pyridine rings is 1. The summed E-state index contributed by atoms with van der Waals surface area (Å²) in [6, 6.07) is 3.60. The first-order valence-electron chi connectivity index (χ1n) is 4.63. The molecule has 0 unspecified atom stereocenters. The molecule has 1 amide bonds. The summed E-state index contributed by atoms with van der Waals surface area (Å²) in [4.78, 5) is 15.5. The minimum absolute atomic E-state index is 0. The third-order valence-corrected chi connectivity index (χ3v) is 1.81. The van der Waals surface area contributed by atoms with Gasteiger partial charge in [-0.15, -0.1) is 12.4 Å². The Morgan fingerprint density at radius 3 is 2.75 bits per heavy atom. The summed E-state index contributed by atoms with van der Waals surface area (Å²) in [5.41, 5.74) is 0.829. The van der Waals surface area contributed by atoms with Crippen molar-refractivity contribution in [3.63, 3.8) is 0 Å². The van der Waals surface area contributed by atoms with Gasteiger partial charge in [-0.05, 0) is 26.1 Å². The molecule has 0 aliphatic rings. The second-order valence-electron chi connectivity index (χ2n) is 3.08. The van der Waals surface area contributed by atoms with Crippen molar-refractivity contribution >= 4 is 24.1 Å². The number of nitrogens with one attached hydrogen (secondary N) is 2. The van der Waals surface area contributed by atoms with Crippen LogP contribution in [0.25, 0.3) is 0 Å². The maximum atomic E-state index is 11.3. The predicted octanol–water partition coefficient (Wildman–Crippen LogP) is 0.978. The molecule has 6 heteroatoms. The monoisotopic (exact) mass is 245 g/mol. The lowest BCUT2D eigenvalue weighted by Gasteiger charge is -2.09. The zero-order chi connectivity index (χ0) is 11.3. The Morgan fingerprint density at radius 2 is 2.19 bits per heavy atom. The first-order chi connectivity index (χ1) is 7.17. The van der Waals surface area contributed by atoms with E-state index in [-0.39, 0.29) is 24.9 Å². The Balaban J connectivity index is 0.00000225. The second kappa shape index (κ2) is 7.03. The number of halogens is 1. The number of hydrogen-bond acceptors (Lipinski definition) is 4. The number of carbonyl (C=O) groups excluding carboxylic acids is 1. The molecule has 0 saturated heterocycles. The van der Waals surface area contributed by atoms with Crippen LogP contribution in [-0.4, -0.2) is 31.6 Å². The number of likely N-dealkylation sites (N-methyl/N-ethyl adjacent to an activating group) is 1. The number of aromatic nitrogens is 1. The normalized spacial score (nSPS) is 9.19. The first-order valence-corrected chi connectivity index (χ1v) is 4.63. The number of rotatable bonds is 4. The summed E-state index contributed by atoms with van der Waals surface area (Å²) in [5, 5.41) is 5.42. The third kappa shape index (κ3) is 4.04. The molecule has 0 radical (unpaired) electrons. The minimum Gasteiger partial charge on any atom is -0.493 e. The molecular weight excluding hydrogens is 230 g/mol. The van der Waals surface area contributed by atoms with Gasteiger partial charge in [-0.2, -0.15) is 0 Å². The molecule has 0 spiro atoms. The molecule has 0 saturated carbocycles. The fourth-order valence-electron chi connectivity index (χ4n) is 1.14. The molecule has 0 aromatic carbocycles. The van der Waals surface area contributed by atoms with E-state index < -0.39 is 0 Å². The summed E-state index contributed by atoms with van der Waals surface area (Å²) < 4.78 is 5.08. The van der Waals surface area contributed by atoms with Gasteiger partial charge in [0.15, 0.2) is 11.6 Å². The summed E-state index contributed by atoms with van der Waals surface area (Å²) in [6.45, 7) is 2.10. The molecule has 1 heterocycles. The van der Waals surface area contributed by atoms with Crippen LogP contribution < -0.4 is 15.4 Å². The van der Waals surface area contributed by atoms with Gasteiger partial charge in [-0.3, -0.25) is 4.79 Å². The highest BCUT2D eigenvalue weighted by molar-refractivity contribution is 5.92. The Morgan fingerprint density at radius 1 is 1.50 bits per heavy atom. The van der Waals surface area contributed by atoms with Gasteiger partial charge in [0.1, 0.15) is 0 Å². The lowest BCUT2D eigenvalue weighted by molar-refractivity contribution is -0.115. The molecular formula is C10H16ClN3O2. The molecule has 0 fully saturated rings. The Bertz CT molecular complexity index is 358. The molecule has 2 N–H and O–H groups in total. The number of methoxy groups -OCH3 is 1. The van der Waals surface area contributed by atoms with Gasteiger partial charge in [0.05, 0.1) is 13.7 Å². The summed E-state index contributed by atoms with van der Waals surface area (Å²) in [5.74, 6) is 0.872. The molecule has 1 aromatic rings. The van der Waals surface area contributed by atoms with E-state index >= 15 is 0 Å². The van der Waals surface area contributed by atoms with E-state index in [1.807, 2.05) is 13.0 Å². The van der Waals surface area contributed by atoms with Crippen molar-refractivity contribution in [2.75, 3.05) is 26.0 Å². The number of ether oxygens (including phenoxy) is 1. The van der Waals surface area contributed by atoms with Crippen molar-refractivity contribution in [3.05, 3.63) is 17.8 Å². The topological polar surface area (TPSA) is 63.2 Å². The highest BCUT2D eigenvalue weighted by Crippen LogP contribution is 2.21. The third-order valence-electron chi connectivity index (χ3n) is 1.81. The summed E-state index contributed by atoms with van der Waals surface area (Å²) in [6.07, 6.45) is 0. The molecule has 16 heavy (non-hydrogen) atoms. The molecule has 5 nitrogen and oxygen atoms in total. The number of amides is 1. The summed E-state index contributed by atoms with van der Waals surface area (Å²) in [7, 11) is 3.25. The first kappa shape index (κ1) is 14.7. The standard InChI is InChI=1S/C10H15N3O2.ClH/c1-7-4-5-8(15-3)10(12-7)13-9(14)6-11-2;/h4-5,11H,6H2,1-3H3,(H,12,13,14);1H. The smallest absolute Gasteiger partial charge is 0.239 e. The number of nitrogens with zero attached hydrogens (tertiary/aromatic N) is 1. The average molecular weight is 246 g/mol. The van der Waals surface area contributed by atoms with Crippen molar-refractivity contribution in [2.24, 2.45) is 0 Å². The van der Waals surface area contributed by atoms with Crippen LogP contribution in [0.15, 0.2) is 12.1 Å². The lowest BCUT2D eigenvalue weighted by atomic mass is 10.3. The van der Waals surface area contributed by atoms with E-state index in [0.29, 0.717) is 11.6 Å². The van der Waals surface area contributed by atoms with Crippen LogP contribution in [0.1, 0.15) is 5.69 Å². The van der Waals surface area contributed by atoms with Gasteiger partial charge in [0, 0.05) is 5.69 Å².